The van der Waals surface area contributed by atoms with Crippen molar-refractivity contribution in [2.24, 2.45) is 5.73 Å². The van der Waals surface area contributed by atoms with Crippen LogP contribution in [0.5, 0.6) is 0 Å². The van der Waals surface area contributed by atoms with Crippen LogP contribution in [0.2, 0.25) is 0 Å². The summed E-state index contributed by atoms with van der Waals surface area (Å²) in [7, 11) is 0. The van der Waals surface area contributed by atoms with E-state index in [9.17, 15) is 9.59 Å². The number of benzene rings is 1. The van der Waals surface area contributed by atoms with Gasteiger partial charge in [0.1, 0.15) is 0 Å². The molecule has 3 N–H and O–H groups in total. The summed E-state index contributed by atoms with van der Waals surface area (Å²) in [6.45, 7) is 2.64. The average molecular weight is 261 g/mol. The summed E-state index contributed by atoms with van der Waals surface area (Å²) in [5, 5.41) is 2.75. The summed E-state index contributed by atoms with van der Waals surface area (Å²) in [6, 6.07) is 6.79. The van der Waals surface area contributed by atoms with Crippen LogP contribution in [0.3, 0.4) is 0 Å². The molecule has 1 aromatic rings. The van der Waals surface area contributed by atoms with Crippen molar-refractivity contribution >= 4 is 23.2 Å². The Kier molecular flexibility index (Phi) is 4.16. The van der Waals surface area contributed by atoms with E-state index in [1.165, 1.54) is 0 Å². The Bertz CT molecular complexity index is 470. The smallest absolute Gasteiger partial charge is 0.241 e. The van der Waals surface area contributed by atoms with Gasteiger partial charge in [-0.2, -0.15) is 0 Å². The zero-order chi connectivity index (χ0) is 13.8. The molecule has 0 spiro atoms. The number of carbonyl (C=O) groups excluding carboxylic acids is 2. The molecule has 5 heteroatoms. The highest BCUT2D eigenvalue weighted by Gasteiger charge is 2.21. The Labute approximate surface area is 112 Å². The van der Waals surface area contributed by atoms with Crippen LogP contribution in [0.4, 0.5) is 11.4 Å². The first-order valence-electron chi connectivity index (χ1n) is 6.58. The van der Waals surface area contributed by atoms with Gasteiger partial charge in [-0.05, 0) is 37.1 Å². The van der Waals surface area contributed by atoms with Crippen molar-refractivity contribution < 1.29 is 9.59 Å². The normalized spacial score (nSPS) is 16.5. The zero-order valence-electron chi connectivity index (χ0n) is 11.1. The minimum atomic E-state index is -0.486. The van der Waals surface area contributed by atoms with Crippen LogP contribution in [-0.4, -0.2) is 24.4 Å². The monoisotopic (exact) mass is 261 g/mol. The van der Waals surface area contributed by atoms with Gasteiger partial charge in [-0.3, -0.25) is 9.59 Å². The molecule has 5 nitrogen and oxygen atoms in total. The van der Waals surface area contributed by atoms with Gasteiger partial charge in [0.25, 0.3) is 0 Å². The molecule has 0 saturated carbocycles. The second-order valence-corrected chi connectivity index (χ2v) is 4.70. The molecule has 2 rings (SSSR count). The fourth-order valence-corrected chi connectivity index (χ4v) is 2.07. The summed E-state index contributed by atoms with van der Waals surface area (Å²) in [6.07, 6.45) is 2.12. The molecular formula is C14H19N3O2. The third kappa shape index (κ3) is 3.12. The topological polar surface area (TPSA) is 75.4 Å². The van der Waals surface area contributed by atoms with E-state index < -0.39 is 6.04 Å². The summed E-state index contributed by atoms with van der Waals surface area (Å²) >= 11 is 0. The average Bonchev–Trinajstić information content (AvgIpc) is 2.85. The summed E-state index contributed by atoms with van der Waals surface area (Å²) < 4.78 is 0. The Balaban J connectivity index is 2.02. The van der Waals surface area contributed by atoms with Gasteiger partial charge in [0.15, 0.2) is 0 Å². The van der Waals surface area contributed by atoms with E-state index in [1.54, 1.807) is 17.0 Å². The molecule has 0 aromatic heterocycles. The first-order valence-corrected chi connectivity index (χ1v) is 6.58. The van der Waals surface area contributed by atoms with E-state index in [0.29, 0.717) is 18.5 Å². The largest absolute Gasteiger partial charge is 0.325 e. The molecule has 1 fully saturated rings. The summed E-state index contributed by atoms with van der Waals surface area (Å²) in [5.41, 5.74) is 7.22. The molecule has 1 atom stereocenters. The standard InChI is InChI=1S/C14H19N3O2/c1-2-12(15)14(19)16-10-5-7-11(8-6-10)17-9-3-4-13(17)18/h5-8,12H,2-4,9,15H2,1H3,(H,16,19)/t12-/m1/s1. The van der Waals surface area contributed by atoms with Crippen molar-refractivity contribution in [3.63, 3.8) is 0 Å². The van der Waals surface area contributed by atoms with Crippen molar-refractivity contribution in [2.75, 3.05) is 16.8 Å². The van der Waals surface area contributed by atoms with Crippen LogP contribution < -0.4 is 16.0 Å². The minimum absolute atomic E-state index is 0.157. The van der Waals surface area contributed by atoms with E-state index in [4.69, 9.17) is 5.73 Å². The molecule has 19 heavy (non-hydrogen) atoms. The molecule has 1 aliphatic heterocycles. The molecule has 0 aliphatic carbocycles. The molecule has 2 amide bonds. The van der Waals surface area contributed by atoms with Gasteiger partial charge in [0.2, 0.25) is 11.8 Å². The van der Waals surface area contributed by atoms with Crippen molar-refractivity contribution in [3.05, 3.63) is 24.3 Å². The van der Waals surface area contributed by atoms with Crippen molar-refractivity contribution in [1.82, 2.24) is 0 Å². The van der Waals surface area contributed by atoms with Gasteiger partial charge in [-0.1, -0.05) is 6.92 Å². The van der Waals surface area contributed by atoms with Crippen LogP contribution in [0, 0.1) is 0 Å². The maximum Gasteiger partial charge on any atom is 0.241 e. The molecule has 1 aromatic carbocycles. The number of hydrogen-bond acceptors (Lipinski definition) is 3. The van der Waals surface area contributed by atoms with Crippen molar-refractivity contribution in [3.8, 4) is 0 Å². The van der Waals surface area contributed by atoms with E-state index >= 15 is 0 Å². The minimum Gasteiger partial charge on any atom is -0.325 e. The SMILES string of the molecule is CC[C@@H](N)C(=O)Nc1ccc(N2CCCC2=O)cc1. The molecule has 1 aliphatic rings. The first-order chi connectivity index (χ1) is 9.11. The second-order valence-electron chi connectivity index (χ2n) is 4.70. The predicted octanol–water partition coefficient (Wildman–Crippen LogP) is 1.49. The van der Waals surface area contributed by atoms with E-state index in [0.717, 1.165) is 18.7 Å². The van der Waals surface area contributed by atoms with Gasteiger partial charge in [0.05, 0.1) is 6.04 Å². The Hall–Kier alpha value is -1.88. The molecule has 1 heterocycles. The Morgan fingerprint density at radius 3 is 2.63 bits per heavy atom. The van der Waals surface area contributed by atoms with E-state index in [-0.39, 0.29) is 11.8 Å². The van der Waals surface area contributed by atoms with Gasteiger partial charge >= 0.3 is 0 Å². The number of nitrogens with one attached hydrogen (secondary N) is 1. The number of amides is 2. The Morgan fingerprint density at radius 2 is 2.11 bits per heavy atom. The number of anilines is 2. The van der Waals surface area contributed by atoms with E-state index in [2.05, 4.69) is 5.32 Å². The Morgan fingerprint density at radius 1 is 1.42 bits per heavy atom. The lowest BCUT2D eigenvalue weighted by molar-refractivity contribution is -0.118. The summed E-state index contributed by atoms with van der Waals surface area (Å²) in [5.74, 6) is -0.0303. The highest BCUT2D eigenvalue weighted by atomic mass is 16.2. The lowest BCUT2D eigenvalue weighted by Crippen LogP contribution is -2.34. The van der Waals surface area contributed by atoms with Crippen LogP contribution in [-0.2, 0) is 9.59 Å². The molecule has 1 saturated heterocycles. The number of nitrogens with zero attached hydrogens (tertiary/aromatic N) is 1. The van der Waals surface area contributed by atoms with Crippen LogP contribution in [0.25, 0.3) is 0 Å². The third-order valence-corrected chi connectivity index (χ3v) is 3.30. The molecule has 0 radical (unpaired) electrons. The quantitative estimate of drug-likeness (QED) is 0.862. The molecular weight excluding hydrogens is 242 g/mol. The predicted molar refractivity (Wildman–Crippen MR) is 74.9 cm³/mol. The van der Waals surface area contributed by atoms with Crippen molar-refractivity contribution in [2.45, 2.75) is 32.2 Å². The van der Waals surface area contributed by atoms with Gasteiger partial charge < -0.3 is 16.0 Å². The number of rotatable bonds is 4. The number of carbonyl (C=O) groups is 2. The highest BCUT2D eigenvalue weighted by Crippen LogP contribution is 2.23. The highest BCUT2D eigenvalue weighted by molar-refractivity contribution is 5.97. The maximum atomic E-state index is 11.6. The van der Waals surface area contributed by atoms with Gasteiger partial charge in [-0.25, -0.2) is 0 Å². The van der Waals surface area contributed by atoms with Crippen molar-refractivity contribution in [1.29, 1.82) is 0 Å². The van der Waals surface area contributed by atoms with Crippen LogP contribution in [0.1, 0.15) is 26.2 Å². The number of hydrogen-bond donors (Lipinski definition) is 2. The van der Waals surface area contributed by atoms with Crippen LogP contribution in [0.15, 0.2) is 24.3 Å². The van der Waals surface area contributed by atoms with Gasteiger partial charge in [-0.15, -0.1) is 0 Å². The summed E-state index contributed by atoms with van der Waals surface area (Å²) in [4.78, 5) is 25.0. The number of nitrogens with two attached hydrogens (primary N) is 1. The lowest BCUT2D eigenvalue weighted by Gasteiger charge is -2.16. The molecule has 0 bridgehead atoms. The van der Waals surface area contributed by atoms with Gasteiger partial charge in [0, 0.05) is 24.3 Å². The van der Waals surface area contributed by atoms with E-state index in [1.807, 2.05) is 19.1 Å². The second kappa shape index (κ2) is 5.84. The lowest BCUT2D eigenvalue weighted by atomic mass is 10.2. The fraction of sp³-hybridized carbons (Fsp3) is 0.429. The maximum absolute atomic E-state index is 11.6. The third-order valence-electron chi connectivity index (χ3n) is 3.30. The molecule has 0 unspecified atom stereocenters. The molecule has 102 valence electrons. The zero-order valence-corrected chi connectivity index (χ0v) is 11.1. The van der Waals surface area contributed by atoms with Crippen LogP contribution >= 0.6 is 0 Å². The first kappa shape index (κ1) is 13.5. The fourth-order valence-electron chi connectivity index (χ4n) is 2.07.